The predicted octanol–water partition coefficient (Wildman–Crippen LogP) is 3.36. The van der Waals surface area contributed by atoms with Crippen LogP contribution in [0.3, 0.4) is 0 Å². The van der Waals surface area contributed by atoms with E-state index in [9.17, 15) is 13.2 Å². The zero-order chi connectivity index (χ0) is 16.2. The van der Waals surface area contributed by atoms with Gasteiger partial charge in [0.25, 0.3) is 0 Å². The molecule has 0 saturated carbocycles. The van der Waals surface area contributed by atoms with Crippen LogP contribution in [0.4, 0.5) is 13.2 Å². The van der Waals surface area contributed by atoms with E-state index in [2.05, 4.69) is 21.2 Å². The third-order valence-corrected chi connectivity index (χ3v) is 4.66. The Morgan fingerprint density at radius 3 is 2.91 bits per heavy atom. The molecular weight excluding hydrogens is 361 g/mol. The molecule has 0 bridgehead atoms. The molecule has 3 nitrogen and oxygen atoms in total. The van der Waals surface area contributed by atoms with Crippen LogP contribution in [0.2, 0.25) is 0 Å². The molecule has 1 aliphatic rings. The summed E-state index contributed by atoms with van der Waals surface area (Å²) in [6.45, 7) is 3.72. The molecule has 0 aliphatic carbocycles. The molecule has 0 radical (unpaired) electrons. The normalized spacial score (nSPS) is 20.1. The molecule has 1 fully saturated rings. The second-order valence-corrected chi connectivity index (χ2v) is 6.22. The molecule has 1 aromatic carbocycles. The second-order valence-electron chi connectivity index (χ2n) is 5.36. The van der Waals surface area contributed by atoms with E-state index < -0.39 is 12.2 Å². The maximum absolute atomic E-state index is 12.9. The molecule has 7 heteroatoms. The summed E-state index contributed by atoms with van der Waals surface area (Å²) in [7, 11) is 0. The van der Waals surface area contributed by atoms with E-state index in [1.807, 2.05) is 25.1 Å². The number of ether oxygens (including phenoxy) is 1. The molecule has 0 amide bonds. The number of halogens is 4. The molecule has 2 rings (SSSR count). The van der Waals surface area contributed by atoms with Gasteiger partial charge in [-0.1, -0.05) is 22.0 Å². The zero-order valence-electron chi connectivity index (χ0n) is 12.4. The summed E-state index contributed by atoms with van der Waals surface area (Å²) in [5.74, 6) is 0.766. The predicted molar refractivity (Wildman–Crippen MR) is 83.3 cm³/mol. The van der Waals surface area contributed by atoms with E-state index >= 15 is 0 Å². The van der Waals surface area contributed by atoms with E-state index in [-0.39, 0.29) is 6.54 Å². The number of hydrogen-bond donors (Lipinski definition) is 1. The van der Waals surface area contributed by atoms with Crippen molar-refractivity contribution in [2.24, 2.45) is 0 Å². The van der Waals surface area contributed by atoms with Gasteiger partial charge in [-0.3, -0.25) is 4.90 Å². The van der Waals surface area contributed by atoms with Crippen LogP contribution in [-0.4, -0.2) is 49.9 Å². The largest absolute Gasteiger partial charge is 0.493 e. The Morgan fingerprint density at radius 2 is 2.18 bits per heavy atom. The molecule has 1 heterocycles. The summed E-state index contributed by atoms with van der Waals surface area (Å²) in [4.78, 5) is 1.49. The highest BCUT2D eigenvalue weighted by Gasteiger charge is 2.44. The minimum Gasteiger partial charge on any atom is -0.493 e. The smallest absolute Gasteiger partial charge is 0.405 e. The summed E-state index contributed by atoms with van der Waals surface area (Å²) in [6.07, 6.45) is -3.62. The first-order valence-electron chi connectivity index (χ1n) is 7.29. The van der Waals surface area contributed by atoms with Crippen molar-refractivity contribution in [3.05, 3.63) is 28.2 Å². The minimum atomic E-state index is -4.19. The van der Waals surface area contributed by atoms with Gasteiger partial charge in [0.2, 0.25) is 0 Å². The molecular formula is C15H20BrF3N2O. The number of benzene rings is 1. The van der Waals surface area contributed by atoms with Gasteiger partial charge in [0.15, 0.2) is 0 Å². The Labute approximate surface area is 136 Å². The summed E-state index contributed by atoms with van der Waals surface area (Å²) < 4.78 is 45.5. The standard InChI is InChI=1S/C15H20BrF3N2O/c1-11-12(16)4-2-5-13(11)22-9-3-7-21-8-6-20-10-14(21)15(17,18)19/h2,4-5,14,20H,3,6-10H2,1H3/t14-/m0/s1. The van der Waals surface area contributed by atoms with Gasteiger partial charge in [0.1, 0.15) is 11.8 Å². The number of alkyl halides is 3. The highest BCUT2D eigenvalue weighted by molar-refractivity contribution is 9.10. The van der Waals surface area contributed by atoms with Crippen LogP contribution >= 0.6 is 15.9 Å². The lowest BCUT2D eigenvalue weighted by atomic mass is 10.1. The lowest BCUT2D eigenvalue weighted by Crippen LogP contribution is -2.57. The van der Waals surface area contributed by atoms with Crippen LogP contribution in [0, 0.1) is 6.92 Å². The average molecular weight is 381 g/mol. The van der Waals surface area contributed by atoms with Crippen molar-refractivity contribution in [3.63, 3.8) is 0 Å². The number of nitrogens with one attached hydrogen (secondary N) is 1. The Hall–Kier alpha value is -0.790. The van der Waals surface area contributed by atoms with E-state index in [0.29, 0.717) is 32.7 Å². The Morgan fingerprint density at radius 1 is 1.41 bits per heavy atom. The molecule has 1 saturated heterocycles. The molecule has 1 aromatic rings. The number of piperazine rings is 1. The first kappa shape index (κ1) is 17.6. The second kappa shape index (κ2) is 7.66. The van der Waals surface area contributed by atoms with Crippen molar-refractivity contribution in [2.45, 2.75) is 25.6 Å². The van der Waals surface area contributed by atoms with Crippen LogP contribution < -0.4 is 10.1 Å². The maximum Gasteiger partial charge on any atom is 0.405 e. The van der Waals surface area contributed by atoms with Gasteiger partial charge in [0, 0.05) is 36.2 Å². The van der Waals surface area contributed by atoms with Gasteiger partial charge < -0.3 is 10.1 Å². The van der Waals surface area contributed by atoms with Crippen LogP contribution in [0.5, 0.6) is 5.75 Å². The first-order chi connectivity index (χ1) is 10.4. The van der Waals surface area contributed by atoms with Gasteiger partial charge in [-0.05, 0) is 25.5 Å². The van der Waals surface area contributed by atoms with Crippen molar-refractivity contribution in [1.82, 2.24) is 10.2 Å². The van der Waals surface area contributed by atoms with Crippen LogP contribution in [-0.2, 0) is 0 Å². The van der Waals surface area contributed by atoms with Crippen LogP contribution in [0.15, 0.2) is 22.7 Å². The van der Waals surface area contributed by atoms with Crippen molar-refractivity contribution in [2.75, 3.05) is 32.8 Å². The zero-order valence-corrected chi connectivity index (χ0v) is 14.0. The lowest BCUT2D eigenvalue weighted by Gasteiger charge is -2.37. The molecule has 1 atom stereocenters. The molecule has 0 spiro atoms. The maximum atomic E-state index is 12.9. The van der Waals surface area contributed by atoms with Crippen molar-refractivity contribution in [1.29, 1.82) is 0 Å². The third-order valence-electron chi connectivity index (χ3n) is 3.80. The van der Waals surface area contributed by atoms with Gasteiger partial charge in [-0.15, -0.1) is 0 Å². The lowest BCUT2D eigenvalue weighted by molar-refractivity contribution is -0.187. The Kier molecular flexibility index (Phi) is 6.11. The third kappa shape index (κ3) is 4.60. The van der Waals surface area contributed by atoms with Gasteiger partial charge >= 0.3 is 6.18 Å². The van der Waals surface area contributed by atoms with Crippen molar-refractivity contribution < 1.29 is 17.9 Å². The van der Waals surface area contributed by atoms with Gasteiger partial charge in [-0.2, -0.15) is 13.2 Å². The van der Waals surface area contributed by atoms with Gasteiger partial charge in [-0.25, -0.2) is 0 Å². The number of nitrogens with zero attached hydrogens (tertiary/aromatic N) is 1. The summed E-state index contributed by atoms with van der Waals surface area (Å²) in [5.41, 5.74) is 0.998. The fourth-order valence-electron chi connectivity index (χ4n) is 2.53. The molecule has 1 aliphatic heterocycles. The molecule has 124 valence electrons. The minimum absolute atomic E-state index is 0.0326. The van der Waals surface area contributed by atoms with E-state index in [1.165, 1.54) is 4.90 Å². The SMILES string of the molecule is Cc1c(Br)cccc1OCCCN1CCNC[C@H]1C(F)(F)F. The highest BCUT2D eigenvalue weighted by Crippen LogP contribution is 2.27. The first-order valence-corrected chi connectivity index (χ1v) is 8.08. The number of rotatable bonds is 5. The van der Waals surface area contributed by atoms with E-state index in [4.69, 9.17) is 4.74 Å². The highest BCUT2D eigenvalue weighted by atomic mass is 79.9. The number of hydrogen-bond acceptors (Lipinski definition) is 3. The molecule has 0 aromatic heterocycles. The topological polar surface area (TPSA) is 24.5 Å². The quantitative estimate of drug-likeness (QED) is 0.792. The van der Waals surface area contributed by atoms with Crippen molar-refractivity contribution >= 4 is 15.9 Å². The summed E-state index contributed by atoms with van der Waals surface area (Å²) in [5, 5.41) is 2.80. The summed E-state index contributed by atoms with van der Waals surface area (Å²) >= 11 is 3.43. The van der Waals surface area contributed by atoms with Crippen LogP contribution in [0.25, 0.3) is 0 Å². The van der Waals surface area contributed by atoms with E-state index in [0.717, 1.165) is 15.8 Å². The van der Waals surface area contributed by atoms with Gasteiger partial charge in [0.05, 0.1) is 6.61 Å². The monoisotopic (exact) mass is 380 g/mol. The van der Waals surface area contributed by atoms with Crippen molar-refractivity contribution in [3.8, 4) is 5.75 Å². The Balaban J connectivity index is 1.81. The molecule has 0 unspecified atom stereocenters. The Bertz CT molecular complexity index is 496. The average Bonchev–Trinajstić information content (AvgIpc) is 2.47. The molecule has 1 N–H and O–H groups in total. The fraction of sp³-hybridized carbons (Fsp3) is 0.600. The fourth-order valence-corrected chi connectivity index (χ4v) is 2.88. The summed E-state index contributed by atoms with van der Waals surface area (Å²) in [6, 6.07) is 4.27. The molecule has 22 heavy (non-hydrogen) atoms. The van der Waals surface area contributed by atoms with E-state index in [1.54, 1.807) is 0 Å². The van der Waals surface area contributed by atoms with Crippen LogP contribution in [0.1, 0.15) is 12.0 Å².